The number of nitrogens with one attached hydrogen (secondary N) is 1. The molecule has 0 spiro atoms. The van der Waals surface area contributed by atoms with Gasteiger partial charge in [-0.15, -0.1) is 24.8 Å². The van der Waals surface area contributed by atoms with E-state index in [0.717, 1.165) is 24.2 Å². The van der Waals surface area contributed by atoms with Gasteiger partial charge < -0.3 is 16.0 Å². The van der Waals surface area contributed by atoms with Crippen molar-refractivity contribution in [1.82, 2.24) is 4.90 Å². The van der Waals surface area contributed by atoms with Gasteiger partial charge in [-0.25, -0.2) is 0 Å². The molecule has 1 amide bonds. The highest BCUT2D eigenvalue weighted by Crippen LogP contribution is 2.14. The number of hydrogen-bond acceptors (Lipinski definition) is 3. The van der Waals surface area contributed by atoms with E-state index in [2.05, 4.69) is 22.3 Å². The molecule has 3 N–H and O–H groups in total. The van der Waals surface area contributed by atoms with E-state index in [9.17, 15) is 4.79 Å². The molecular weight excluding hydrogens is 369 g/mol. The third-order valence-corrected chi connectivity index (χ3v) is 4.58. The van der Waals surface area contributed by atoms with E-state index in [1.807, 2.05) is 36.4 Å². The Hall–Kier alpha value is -1.59. The summed E-state index contributed by atoms with van der Waals surface area (Å²) in [6, 6.07) is 15.5. The first-order valence-electron chi connectivity index (χ1n) is 8.66. The van der Waals surface area contributed by atoms with E-state index in [-0.39, 0.29) is 30.7 Å². The molecule has 4 nitrogen and oxygen atoms in total. The van der Waals surface area contributed by atoms with Crippen molar-refractivity contribution in [3.05, 3.63) is 65.2 Å². The fraction of sp³-hybridized carbons (Fsp3) is 0.350. The fourth-order valence-corrected chi connectivity index (χ4v) is 3.04. The first-order valence-corrected chi connectivity index (χ1v) is 8.66. The lowest BCUT2D eigenvalue weighted by molar-refractivity contribution is 0.102. The van der Waals surface area contributed by atoms with Crippen LogP contribution in [0.5, 0.6) is 0 Å². The van der Waals surface area contributed by atoms with Gasteiger partial charge in [0.1, 0.15) is 0 Å². The number of carbonyl (C=O) groups excluding carboxylic acids is 1. The molecule has 0 aliphatic carbocycles. The van der Waals surface area contributed by atoms with Gasteiger partial charge in [-0.05, 0) is 67.7 Å². The lowest BCUT2D eigenvalue weighted by Gasteiger charge is -2.14. The fourth-order valence-electron chi connectivity index (χ4n) is 3.04. The molecule has 1 saturated heterocycles. The molecule has 26 heavy (non-hydrogen) atoms. The first-order chi connectivity index (χ1) is 11.7. The minimum atomic E-state index is -0.0941. The van der Waals surface area contributed by atoms with Crippen molar-refractivity contribution in [2.24, 2.45) is 5.73 Å². The zero-order valence-electron chi connectivity index (χ0n) is 14.8. The molecule has 3 rings (SSSR count). The molecular formula is C20H27Cl2N3O. The maximum absolute atomic E-state index is 12.2. The number of likely N-dealkylation sites (tertiary alicyclic amines) is 1. The van der Waals surface area contributed by atoms with E-state index in [1.54, 1.807) is 0 Å². The Morgan fingerprint density at radius 2 is 1.50 bits per heavy atom. The Labute approximate surface area is 168 Å². The molecule has 0 radical (unpaired) electrons. The lowest BCUT2D eigenvalue weighted by atomic mass is 10.1. The third kappa shape index (κ3) is 6.29. The second-order valence-electron chi connectivity index (χ2n) is 6.35. The van der Waals surface area contributed by atoms with Gasteiger partial charge in [-0.2, -0.15) is 0 Å². The summed E-state index contributed by atoms with van der Waals surface area (Å²) < 4.78 is 0. The molecule has 1 heterocycles. The summed E-state index contributed by atoms with van der Waals surface area (Å²) in [7, 11) is 0. The predicted octanol–water partition coefficient (Wildman–Crippen LogP) is 3.88. The normalized spacial score (nSPS) is 13.6. The van der Waals surface area contributed by atoms with Crippen LogP contribution < -0.4 is 11.1 Å². The van der Waals surface area contributed by atoms with Gasteiger partial charge in [0.05, 0.1) is 0 Å². The average molecular weight is 396 g/mol. The number of hydrogen-bond donors (Lipinski definition) is 2. The summed E-state index contributed by atoms with van der Waals surface area (Å²) in [4.78, 5) is 14.8. The third-order valence-electron chi connectivity index (χ3n) is 4.58. The molecule has 2 aromatic carbocycles. The largest absolute Gasteiger partial charge is 0.326 e. The summed E-state index contributed by atoms with van der Waals surface area (Å²) in [5.74, 6) is -0.0941. The van der Waals surface area contributed by atoms with Gasteiger partial charge in [0.2, 0.25) is 0 Å². The van der Waals surface area contributed by atoms with E-state index in [0.29, 0.717) is 12.1 Å². The van der Waals surface area contributed by atoms with E-state index >= 15 is 0 Å². The van der Waals surface area contributed by atoms with Crippen molar-refractivity contribution in [3.8, 4) is 0 Å². The number of benzene rings is 2. The second-order valence-corrected chi connectivity index (χ2v) is 6.35. The molecule has 0 unspecified atom stereocenters. The van der Waals surface area contributed by atoms with Gasteiger partial charge >= 0.3 is 0 Å². The van der Waals surface area contributed by atoms with Crippen LogP contribution >= 0.6 is 24.8 Å². The van der Waals surface area contributed by atoms with Crippen LogP contribution in [-0.4, -0.2) is 30.4 Å². The molecule has 0 saturated carbocycles. The zero-order chi connectivity index (χ0) is 16.8. The van der Waals surface area contributed by atoms with Gasteiger partial charge in [-0.1, -0.05) is 24.3 Å². The quantitative estimate of drug-likeness (QED) is 0.779. The molecule has 6 heteroatoms. The van der Waals surface area contributed by atoms with E-state index in [1.165, 1.54) is 31.5 Å². The molecule has 0 bridgehead atoms. The predicted molar refractivity (Wildman–Crippen MR) is 113 cm³/mol. The topological polar surface area (TPSA) is 58.4 Å². The SMILES string of the molecule is Cl.Cl.NCc1ccc(C(=O)Nc2ccc(CCN3CCCC3)cc2)cc1. The highest BCUT2D eigenvalue weighted by Gasteiger charge is 2.11. The van der Waals surface area contributed by atoms with Crippen LogP contribution in [0.15, 0.2) is 48.5 Å². The molecule has 1 aliphatic heterocycles. The molecule has 0 aromatic heterocycles. The summed E-state index contributed by atoms with van der Waals surface area (Å²) in [6.45, 7) is 4.08. The van der Waals surface area contributed by atoms with Crippen LogP contribution in [0.3, 0.4) is 0 Å². The van der Waals surface area contributed by atoms with Crippen LogP contribution in [0.25, 0.3) is 0 Å². The Kier molecular flexibility index (Phi) is 9.66. The van der Waals surface area contributed by atoms with Crippen LogP contribution in [-0.2, 0) is 13.0 Å². The first kappa shape index (κ1) is 22.5. The second kappa shape index (κ2) is 11.2. The highest BCUT2D eigenvalue weighted by atomic mass is 35.5. The van der Waals surface area contributed by atoms with Gasteiger partial charge in [0.25, 0.3) is 5.91 Å². The zero-order valence-corrected chi connectivity index (χ0v) is 16.5. The van der Waals surface area contributed by atoms with E-state index in [4.69, 9.17) is 5.73 Å². The maximum Gasteiger partial charge on any atom is 0.255 e. The van der Waals surface area contributed by atoms with Gasteiger partial charge in [0.15, 0.2) is 0 Å². The minimum absolute atomic E-state index is 0. The summed E-state index contributed by atoms with van der Waals surface area (Å²) in [5.41, 5.74) is 9.38. The van der Waals surface area contributed by atoms with Crippen molar-refractivity contribution in [3.63, 3.8) is 0 Å². The molecule has 1 aliphatic rings. The highest BCUT2D eigenvalue weighted by molar-refractivity contribution is 6.04. The van der Waals surface area contributed by atoms with Crippen molar-refractivity contribution < 1.29 is 4.79 Å². The number of carbonyl (C=O) groups is 1. The smallest absolute Gasteiger partial charge is 0.255 e. The Bertz CT molecular complexity index is 668. The lowest BCUT2D eigenvalue weighted by Crippen LogP contribution is -2.21. The number of halogens is 2. The van der Waals surface area contributed by atoms with Crippen LogP contribution in [0.2, 0.25) is 0 Å². The Balaban J connectivity index is 0.00000169. The van der Waals surface area contributed by atoms with Gasteiger partial charge in [0, 0.05) is 24.3 Å². The minimum Gasteiger partial charge on any atom is -0.326 e. The Morgan fingerprint density at radius 1 is 0.923 bits per heavy atom. The van der Waals surface area contributed by atoms with Gasteiger partial charge in [-0.3, -0.25) is 4.79 Å². The van der Waals surface area contributed by atoms with Crippen LogP contribution in [0.4, 0.5) is 5.69 Å². The van der Waals surface area contributed by atoms with Crippen molar-refractivity contribution in [2.45, 2.75) is 25.8 Å². The molecule has 0 atom stereocenters. The number of nitrogens with two attached hydrogens (primary N) is 1. The monoisotopic (exact) mass is 395 g/mol. The summed E-state index contributed by atoms with van der Waals surface area (Å²) in [5, 5.41) is 2.94. The molecule has 1 fully saturated rings. The number of amides is 1. The maximum atomic E-state index is 12.2. The van der Waals surface area contributed by atoms with Crippen molar-refractivity contribution in [2.75, 3.05) is 25.0 Å². The van der Waals surface area contributed by atoms with Crippen LogP contribution in [0, 0.1) is 0 Å². The van der Waals surface area contributed by atoms with E-state index < -0.39 is 0 Å². The summed E-state index contributed by atoms with van der Waals surface area (Å²) >= 11 is 0. The number of anilines is 1. The molecule has 142 valence electrons. The Morgan fingerprint density at radius 3 is 2.08 bits per heavy atom. The van der Waals surface area contributed by atoms with Crippen LogP contribution in [0.1, 0.15) is 34.3 Å². The number of rotatable bonds is 6. The van der Waals surface area contributed by atoms with Crippen molar-refractivity contribution >= 4 is 36.4 Å². The average Bonchev–Trinajstić information content (AvgIpc) is 3.15. The van der Waals surface area contributed by atoms with Crippen molar-refractivity contribution in [1.29, 1.82) is 0 Å². The molecule has 2 aromatic rings. The summed E-state index contributed by atoms with van der Waals surface area (Å²) in [6.07, 6.45) is 3.73. The standard InChI is InChI=1S/C20H25N3O.2ClH/c21-15-17-3-7-18(8-4-17)20(24)22-19-9-5-16(6-10-19)11-14-23-12-1-2-13-23;;/h3-10H,1-2,11-15,21H2,(H,22,24);2*1H. The number of nitrogens with zero attached hydrogens (tertiary/aromatic N) is 1.